The third-order valence-electron chi connectivity index (χ3n) is 8.98. The van der Waals surface area contributed by atoms with E-state index in [0.717, 1.165) is 80.5 Å². The topological polar surface area (TPSA) is 55.5 Å². The zero-order valence-electron chi connectivity index (χ0n) is 20.8. The third-order valence-corrected chi connectivity index (χ3v) is 8.98. The first-order valence-corrected chi connectivity index (χ1v) is 13.6. The molecule has 2 bridgehead atoms. The summed E-state index contributed by atoms with van der Waals surface area (Å²) in [4.78, 5) is 0. The minimum Gasteiger partial charge on any atom is -0.484 e. The van der Waals surface area contributed by atoms with Crippen LogP contribution in [0.2, 0.25) is 0 Å². The van der Waals surface area contributed by atoms with Gasteiger partial charge in [-0.05, 0) is 36.5 Å². The van der Waals surface area contributed by atoms with Gasteiger partial charge in [0.15, 0.2) is 11.9 Å². The van der Waals surface area contributed by atoms with Gasteiger partial charge in [0.2, 0.25) is 0 Å². The molecule has 2 atom stereocenters. The zero-order chi connectivity index (χ0) is 24.6. The first-order chi connectivity index (χ1) is 17.5. The number of halogens is 1. The molecule has 190 valence electrons. The van der Waals surface area contributed by atoms with Crippen LogP contribution in [-0.4, -0.2) is 40.5 Å². The number of ether oxygens (including phenoxy) is 1. The van der Waals surface area contributed by atoms with E-state index in [1.807, 2.05) is 42.5 Å². The summed E-state index contributed by atoms with van der Waals surface area (Å²) in [5, 5.41) is 16.6. The van der Waals surface area contributed by atoms with Crippen LogP contribution in [0, 0.1) is 17.7 Å². The largest absolute Gasteiger partial charge is 0.484 e. The van der Waals surface area contributed by atoms with Crippen LogP contribution in [0.3, 0.4) is 0 Å². The minimum absolute atomic E-state index is 0.0696. The maximum absolute atomic E-state index is 13.7. The molecule has 3 saturated heterocycles. The molecule has 5 nitrogen and oxygen atoms in total. The second kappa shape index (κ2) is 9.64. The van der Waals surface area contributed by atoms with Gasteiger partial charge in [0.05, 0.1) is 13.1 Å². The second-order valence-electron chi connectivity index (χ2n) is 11.2. The molecule has 3 aromatic rings. The predicted octanol–water partition coefficient (Wildman–Crippen LogP) is 5.82. The lowest BCUT2D eigenvalue weighted by atomic mass is 9.71. The van der Waals surface area contributed by atoms with Crippen LogP contribution in [-0.2, 0) is 12.1 Å². The van der Waals surface area contributed by atoms with Gasteiger partial charge < -0.3 is 18.8 Å². The first-order valence-electron chi connectivity index (χ1n) is 13.6. The van der Waals surface area contributed by atoms with Gasteiger partial charge in [0, 0.05) is 30.9 Å². The summed E-state index contributed by atoms with van der Waals surface area (Å²) in [5.74, 6) is 1.80. The predicted molar refractivity (Wildman–Crippen MR) is 135 cm³/mol. The van der Waals surface area contributed by atoms with Crippen molar-refractivity contribution in [2.24, 2.45) is 11.8 Å². The summed E-state index contributed by atoms with van der Waals surface area (Å²) in [5.41, 5.74) is 0.390. The Morgan fingerprint density at radius 1 is 0.972 bits per heavy atom. The molecule has 2 aromatic carbocycles. The van der Waals surface area contributed by atoms with Crippen molar-refractivity contribution in [3.05, 3.63) is 83.5 Å². The van der Waals surface area contributed by atoms with Crippen LogP contribution >= 0.6 is 0 Å². The summed E-state index contributed by atoms with van der Waals surface area (Å²) in [7, 11) is 0. The standard InChI is InChI=1S/C30H36FN2O3/c31-25-12-7-13-26(18-25)35-28-21-33(16-14-22(28)15-17-33)20-27-19-29(32-36-27)30(34,23-8-3-1-4-9-23)24-10-5-2-6-11-24/h1,3-4,7-9,12-13,18-19,22,24,28,34H,2,5-6,10-11,14-17,20-21H2/q+1/t22?,28?,30-,33?/m0/s1. The van der Waals surface area contributed by atoms with Gasteiger partial charge in [-0.2, -0.15) is 0 Å². The van der Waals surface area contributed by atoms with Crippen LogP contribution in [0.1, 0.15) is 62.0 Å². The van der Waals surface area contributed by atoms with Crippen molar-refractivity contribution in [3.8, 4) is 5.75 Å². The van der Waals surface area contributed by atoms with E-state index in [2.05, 4.69) is 5.16 Å². The number of hydrogen-bond donors (Lipinski definition) is 1. The van der Waals surface area contributed by atoms with Crippen LogP contribution in [0.4, 0.5) is 4.39 Å². The quantitative estimate of drug-likeness (QED) is 0.423. The van der Waals surface area contributed by atoms with E-state index in [0.29, 0.717) is 17.4 Å². The van der Waals surface area contributed by atoms with Gasteiger partial charge in [-0.25, -0.2) is 4.39 Å². The summed E-state index contributed by atoms with van der Waals surface area (Å²) in [6, 6.07) is 18.4. The molecule has 1 saturated carbocycles. The first kappa shape index (κ1) is 23.7. The van der Waals surface area contributed by atoms with Gasteiger partial charge in [-0.3, -0.25) is 0 Å². The van der Waals surface area contributed by atoms with Gasteiger partial charge in [0.25, 0.3) is 0 Å². The number of hydrogen-bond acceptors (Lipinski definition) is 4. The van der Waals surface area contributed by atoms with Crippen molar-refractivity contribution in [2.45, 2.75) is 63.2 Å². The van der Waals surface area contributed by atoms with E-state index in [-0.39, 0.29) is 17.8 Å². The fourth-order valence-corrected chi connectivity index (χ4v) is 6.99. The molecule has 1 unspecified atom stereocenters. The Labute approximate surface area is 212 Å². The van der Waals surface area contributed by atoms with Crippen LogP contribution < -0.4 is 4.74 Å². The molecule has 3 aliphatic heterocycles. The van der Waals surface area contributed by atoms with E-state index in [4.69, 9.17) is 9.26 Å². The molecule has 1 aromatic heterocycles. The lowest BCUT2D eigenvalue weighted by Gasteiger charge is -2.51. The van der Waals surface area contributed by atoms with Crippen molar-refractivity contribution >= 4 is 0 Å². The normalized spacial score (nSPS) is 28.1. The summed E-state index contributed by atoms with van der Waals surface area (Å²) in [6.07, 6.45) is 7.75. The molecule has 1 aliphatic carbocycles. The second-order valence-corrected chi connectivity index (χ2v) is 11.2. The maximum Gasteiger partial charge on any atom is 0.191 e. The maximum atomic E-state index is 13.7. The monoisotopic (exact) mass is 491 g/mol. The van der Waals surface area contributed by atoms with Crippen LogP contribution in [0.15, 0.2) is 65.2 Å². The molecule has 6 heteroatoms. The molecular weight excluding hydrogens is 455 g/mol. The fraction of sp³-hybridized carbons (Fsp3) is 0.500. The highest BCUT2D eigenvalue weighted by Gasteiger charge is 2.48. The van der Waals surface area contributed by atoms with Crippen molar-refractivity contribution in [2.75, 3.05) is 19.6 Å². The highest BCUT2D eigenvalue weighted by molar-refractivity contribution is 5.33. The molecular formula is C30H36FN2O3+. The van der Waals surface area contributed by atoms with Crippen molar-refractivity contribution in [1.29, 1.82) is 0 Å². The average Bonchev–Trinajstić information content (AvgIpc) is 3.38. The Morgan fingerprint density at radius 3 is 2.50 bits per heavy atom. The molecule has 0 spiro atoms. The summed E-state index contributed by atoms with van der Waals surface area (Å²) < 4.78 is 26.8. The van der Waals surface area contributed by atoms with Gasteiger partial charge in [-0.15, -0.1) is 0 Å². The van der Waals surface area contributed by atoms with E-state index < -0.39 is 5.60 Å². The lowest BCUT2D eigenvalue weighted by molar-refractivity contribution is -0.959. The van der Waals surface area contributed by atoms with Gasteiger partial charge >= 0.3 is 0 Å². The van der Waals surface area contributed by atoms with Crippen molar-refractivity contribution in [3.63, 3.8) is 0 Å². The number of benzene rings is 2. The Kier molecular flexibility index (Phi) is 6.34. The molecule has 36 heavy (non-hydrogen) atoms. The Balaban J connectivity index is 1.23. The molecule has 4 aliphatic rings. The van der Waals surface area contributed by atoms with E-state index >= 15 is 0 Å². The van der Waals surface area contributed by atoms with Crippen LogP contribution in [0.5, 0.6) is 5.75 Å². The molecule has 0 radical (unpaired) electrons. The Morgan fingerprint density at radius 2 is 1.75 bits per heavy atom. The van der Waals surface area contributed by atoms with E-state index in [9.17, 15) is 9.50 Å². The number of rotatable bonds is 7. The molecule has 0 amide bonds. The van der Waals surface area contributed by atoms with E-state index in [1.165, 1.54) is 18.6 Å². The molecule has 4 fully saturated rings. The minimum atomic E-state index is -1.14. The Bertz CT molecular complexity index is 1170. The lowest BCUT2D eigenvalue weighted by Crippen LogP contribution is -2.64. The van der Waals surface area contributed by atoms with Crippen molar-refractivity contribution in [1.82, 2.24) is 5.16 Å². The molecule has 1 N–H and O–H groups in total. The number of aromatic nitrogens is 1. The van der Waals surface area contributed by atoms with Gasteiger partial charge in [-0.1, -0.05) is 60.8 Å². The van der Waals surface area contributed by atoms with Crippen LogP contribution in [0.25, 0.3) is 0 Å². The zero-order valence-corrected chi connectivity index (χ0v) is 20.8. The average molecular weight is 492 g/mol. The number of quaternary nitrogens is 1. The number of piperidine rings is 3. The SMILES string of the molecule is O[C@](c1ccccc1)(c1cc(C[N+]23CCC(CC2)C(Oc2cccc(F)c2)C3)on1)C1CCCCC1. The third kappa shape index (κ3) is 4.46. The van der Waals surface area contributed by atoms with E-state index in [1.54, 1.807) is 6.07 Å². The highest BCUT2D eigenvalue weighted by Crippen LogP contribution is 2.44. The smallest absolute Gasteiger partial charge is 0.191 e. The number of aliphatic hydroxyl groups is 1. The molecule has 7 rings (SSSR count). The van der Waals surface area contributed by atoms with Gasteiger partial charge in [0.1, 0.15) is 36.0 Å². The summed E-state index contributed by atoms with van der Waals surface area (Å²) >= 11 is 0. The highest BCUT2D eigenvalue weighted by atomic mass is 19.1. The molecule has 4 heterocycles. The summed E-state index contributed by atoms with van der Waals surface area (Å²) in [6.45, 7) is 3.77. The number of fused-ring (bicyclic) bond motifs is 3. The number of nitrogens with zero attached hydrogens (tertiary/aromatic N) is 2. The fourth-order valence-electron chi connectivity index (χ4n) is 6.99. The Hall–Kier alpha value is -2.70. The van der Waals surface area contributed by atoms with Crippen molar-refractivity contribution < 1.29 is 23.2 Å².